The molecule has 3 heteroatoms. The van der Waals surface area contributed by atoms with E-state index in [1.165, 1.54) is 25.7 Å². The van der Waals surface area contributed by atoms with Crippen LogP contribution in [-0.4, -0.2) is 16.8 Å². The van der Waals surface area contributed by atoms with Crippen LogP contribution >= 0.6 is 0 Å². The van der Waals surface area contributed by atoms with Crippen LogP contribution in [0.3, 0.4) is 0 Å². The van der Waals surface area contributed by atoms with Gasteiger partial charge in [-0.1, -0.05) is 39.0 Å². The highest BCUT2D eigenvalue weighted by atomic mass is 16.5. The monoisotopic (exact) mass is 266 g/mol. The van der Waals surface area contributed by atoms with Crippen molar-refractivity contribution >= 4 is 0 Å². The van der Waals surface area contributed by atoms with Gasteiger partial charge in [-0.05, 0) is 37.5 Å². The summed E-state index contributed by atoms with van der Waals surface area (Å²) in [6.07, 6.45) is 7.21. The van der Waals surface area contributed by atoms with Crippen molar-refractivity contribution in [3.63, 3.8) is 0 Å². The first-order valence-corrected chi connectivity index (χ1v) is 7.22. The molecule has 1 aromatic rings. The summed E-state index contributed by atoms with van der Waals surface area (Å²) in [6, 6.07) is 1.56. The van der Waals surface area contributed by atoms with E-state index >= 15 is 0 Å². The first kappa shape index (κ1) is 15.7. The van der Waals surface area contributed by atoms with E-state index in [2.05, 4.69) is 6.92 Å². The van der Waals surface area contributed by atoms with Gasteiger partial charge in [-0.3, -0.25) is 0 Å². The van der Waals surface area contributed by atoms with Crippen molar-refractivity contribution in [2.24, 2.45) is 0 Å². The van der Waals surface area contributed by atoms with Gasteiger partial charge in [0.25, 0.3) is 0 Å². The van der Waals surface area contributed by atoms with E-state index in [1.54, 1.807) is 6.07 Å². The highest BCUT2D eigenvalue weighted by molar-refractivity contribution is 5.56. The molecule has 0 aromatic heterocycles. The Morgan fingerprint density at radius 3 is 2.32 bits per heavy atom. The Morgan fingerprint density at radius 1 is 1.00 bits per heavy atom. The Labute approximate surface area is 116 Å². The number of hydrogen-bond acceptors (Lipinski definition) is 3. The molecular weight excluding hydrogens is 240 g/mol. The largest absolute Gasteiger partial charge is 0.504 e. The third-order valence-corrected chi connectivity index (χ3v) is 3.49. The standard InChI is InChI=1S/C16H26O3/c1-4-5-6-7-8-9-10-19-16-13(3)12(2)11-14(17)15(16)18/h11,17-18H,4-10H2,1-3H3. The molecule has 0 atom stereocenters. The number of ether oxygens (including phenoxy) is 1. The topological polar surface area (TPSA) is 49.7 Å². The van der Waals surface area contributed by atoms with Crippen molar-refractivity contribution in [1.29, 1.82) is 0 Å². The maximum Gasteiger partial charge on any atom is 0.200 e. The first-order chi connectivity index (χ1) is 9.07. The molecule has 0 unspecified atom stereocenters. The van der Waals surface area contributed by atoms with Crippen molar-refractivity contribution in [2.75, 3.05) is 6.61 Å². The minimum Gasteiger partial charge on any atom is -0.504 e. The van der Waals surface area contributed by atoms with E-state index in [-0.39, 0.29) is 11.5 Å². The van der Waals surface area contributed by atoms with Gasteiger partial charge in [0.2, 0.25) is 5.75 Å². The number of benzene rings is 1. The lowest BCUT2D eigenvalue weighted by Crippen LogP contribution is -2.00. The van der Waals surface area contributed by atoms with E-state index in [9.17, 15) is 10.2 Å². The average Bonchev–Trinajstić information content (AvgIpc) is 2.39. The molecule has 1 rings (SSSR count). The summed E-state index contributed by atoms with van der Waals surface area (Å²) in [4.78, 5) is 0. The minimum absolute atomic E-state index is 0.110. The van der Waals surface area contributed by atoms with E-state index in [1.807, 2.05) is 13.8 Å². The molecule has 0 bridgehead atoms. The van der Waals surface area contributed by atoms with Gasteiger partial charge in [0.15, 0.2) is 11.5 Å². The van der Waals surface area contributed by atoms with E-state index in [0.717, 1.165) is 24.0 Å². The lowest BCUT2D eigenvalue weighted by molar-refractivity contribution is 0.281. The number of phenolic OH excluding ortho intramolecular Hbond substituents is 2. The zero-order valence-corrected chi connectivity index (χ0v) is 12.3. The van der Waals surface area contributed by atoms with Crippen molar-refractivity contribution in [3.8, 4) is 17.2 Å². The Bertz CT molecular complexity index is 373. The van der Waals surface area contributed by atoms with Crippen molar-refractivity contribution in [1.82, 2.24) is 0 Å². The molecule has 0 heterocycles. The first-order valence-electron chi connectivity index (χ1n) is 7.22. The fraction of sp³-hybridized carbons (Fsp3) is 0.625. The zero-order valence-electron chi connectivity index (χ0n) is 12.3. The van der Waals surface area contributed by atoms with Gasteiger partial charge in [-0.2, -0.15) is 0 Å². The van der Waals surface area contributed by atoms with Crippen LogP contribution in [0.15, 0.2) is 6.07 Å². The molecule has 19 heavy (non-hydrogen) atoms. The van der Waals surface area contributed by atoms with Gasteiger partial charge < -0.3 is 14.9 Å². The second kappa shape index (κ2) is 7.93. The molecule has 0 fully saturated rings. The number of aryl methyl sites for hydroxylation is 1. The second-order valence-corrected chi connectivity index (χ2v) is 5.13. The number of aromatic hydroxyl groups is 2. The summed E-state index contributed by atoms with van der Waals surface area (Å²) < 4.78 is 5.63. The van der Waals surface area contributed by atoms with Crippen LogP contribution in [0.1, 0.15) is 56.6 Å². The van der Waals surface area contributed by atoms with Crippen LogP contribution in [0.25, 0.3) is 0 Å². The van der Waals surface area contributed by atoms with E-state index in [4.69, 9.17) is 4.74 Å². The quantitative estimate of drug-likeness (QED) is 0.539. The molecule has 1 aromatic carbocycles. The predicted molar refractivity (Wildman–Crippen MR) is 78.1 cm³/mol. The van der Waals surface area contributed by atoms with Crippen LogP contribution in [-0.2, 0) is 0 Å². The van der Waals surface area contributed by atoms with Crippen molar-refractivity contribution in [2.45, 2.75) is 59.3 Å². The summed E-state index contributed by atoms with van der Waals surface area (Å²) in [5.41, 5.74) is 1.81. The highest BCUT2D eigenvalue weighted by Crippen LogP contribution is 2.39. The number of unbranched alkanes of at least 4 members (excludes halogenated alkanes) is 5. The van der Waals surface area contributed by atoms with Crippen LogP contribution in [0.5, 0.6) is 17.2 Å². The summed E-state index contributed by atoms with van der Waals surface area (Å²) in [5, 5.41) is 19.4. The Balaban J connectivity index is 2.41. The Hall–Kier alpha value is -1.38. The summed E-state index contributed by atoms with van der Waals surface area (Å²) in [5.74, 6) is 0.168. The predicted octanol–water partition coefficient (Wildman–Crippen LogP) is 4.45. The molecule has 0 aliphatic rings. The van der Waals surface area contributed by atoms with Crippen LogP contribution in [0, 0.1) is 13.8 Å². The van der Waals surface area contributed by atoms with E-state index < -0.39 is 0 Å². The maximum atomic E-state index is 9.80. The molecule has 0 aliphatic heterocycles. The summed E-state index contributed by atoms with van der Waals surface area (Å²) in [7, 11) is 0. The average molecular weight is 266 g/mol. The van der Waals surface area contributed by atoms with Crippen molar-refractivity contribution < 1.29 is 14.9 Å². The SMILES string of the molecule is CCCCCCCCOc1c(C)c(C)cc(O)c1O. The fourth-order valence-corrected chi connectivity index (χ4v) is 2.09. The van der Waals surface area contributed by atoms with Gasteiger partial charge >= 0.3 is 0 Å². The molecule has 0 spiro atoms. The highest BCUT2D eigenvalue weighted by Gasteiger charge is 2.13. The smallest absolute Gasteiger partial charge is 0.200 e. The van der Waals surface area contributed by atoms with Crippen LogP contribution in [0.4, 0.5) is 0 Å². The number of phenols is 2. The number of hydrogen-bond donors (Lipinski definition) is 2. The van der Waals surface area contributed by atoms with Gasteiger partial charge in [-0.25, -0.2) is 0 Å². The Kier molecular flexibility index (Phi) is 6.54. The molecule has 108 valence electrons. The molecule has 3 nitrogen and oxygen atoms in total. The maximum absolute atomic E-state index is 9.80. The van der Waals surface area contributed by atoms with Crippen molar-refractivity contribution in [3.05, 3.63) is 17.2 Å². The summed E-state index contributed by atoms with van der Waals surface area (Å²) in [6.45, 7) is 6.58. The van der Waals surface area contributed by atoms with Gasteiger partial charge in [-0.15, -0.1) is 0 Å². The molecule has 0 saturated carbocycles. The molecule has 2 N–H and O–H groups in total. The molecule has 0 saturated heterocycles. The fourth-order valence-electron chi connectivity index (χ4n) is 2.09. The molecule has 0 amide bonds. The minimum atomic E-state index is -0.144. The van der Waals surface area contributed by atoms with Crippen LogP contribution < -0.4 is 4.74 Å². The molecule has 0 radical (unpaired) electrons. The van der Waals surface area contributed by atoms with Gasteiger partial charge in [0.05, 0.1) is 6.61 Å². The summed E-state index contributed by atoms with van der Waals surface area (Å²) >= 11 is 0. The lowest BCUT2D eigenvalue weighted by atomic mass is 10.1. The molecule has 0 aliphatic carbocycles. The van der Waals surface area contributed by atoms with Gasteiger partial charge in [0, 0.05) is 0 Å². The van der Waals surface area contributed by atoms with E-state index in [0.29, 0.717) is 12.4 Å². The van der Waals surface area contributed by atoms with Gasteiger partial charge in [0.1, 0.15) is 0 Å². The Morgan fingerprint density at radius 2 is 1.63 bits per heavy atom. The van der Waals surface area contributed by atoms with Crippen LogP contribution in [0.2, 0.25) is 0 Å². The number of rotatable bonds is 8. The third-order valence-electron chi connectivity index (χ3n) is 3.49. The second-order valence-electron chi connectivity index (χ2n) is 5.13. The normalized spacial score (nSPS) is 10.7. The zero-order chi connectivity index (χ0) is 14.3. The molecular formula is C16H26O3. The lowest BCUT2D eigenvalue weighted by Gasteiger charge is -2.14. The third kappa shape index (κ3) is 4.66.